The Morgan fingerprint density at radius 1 is 1.50 bits per heavy atom. The van der Waals surface area contributed by atoms with Gasteiger partial charge in [0.2, 0.25) is 0 Å². The van der Waals surface area contributed by atoms with E-state index in [0.29, 0.717) is 6.61 Å². The van der Waals surface area contributed by atoms with E-state index in [4.69, 9.17) is 4.74 Å². The molecule has 0 aromatic rings. The quantitative estimate of drug-likeness (QED) is 0.403. The van der Waals surface area contributed by atoms with E-state index in [-0.39, 0.29) is 0 Å². The van der Waals surface area contributed by atoms with Gasteiger partial charge >= 0.3 is 0 Å². The first kappa shape index (κ1) is 10.4. The Hall–Kier alpha value is -0.560. The van der Waals surface area contributed by atoms with Crippen LogP contribution in [0.4, 0.5) is 0 Å². The van der Waals surface area contributed by atoms with Crippen LogP contribution in [0.2, 0.25) is 0 Å². The molecule has 0 aliphatic carbocycles. The first-order valence-corrected chi connectivity index (χ1v) is 2.60. The molecule has 0 fully saturated rings. The van der Waals surface area contributed by atoms with Gasteiger partial charge in [0.25, 0.3) is 0 Å². The summed E-state index contributed by atoms with van der Waals surface area (Å²) < 4.78 is 4.86. The molecule has 0 N–H and O–H groups in total. The Kier molecular flexibility index (Phi) is 21.0. The smallest absolute Gasteiger partial charge is 0.0644 e. The first-order valence-electron chi connectivity index (χ1n) is 2.60. The number of hydrogen-bond donors (Lipinski definition) is 0. The van der Waals surface area contributed by atoms with E-state index < -0.39 is 0 Å². The van der Waals surface area contributed by atoms with E-state index in [9.17, 15) is 0 Å². The highest BCUT2D eigenvalue weighted by atomic mass is 16.5. The van der Waals surface area contributed by atoms with E-state index in [1.807, 2.05) is 6.92 Å². The van der Waals surface area contributed by atoms with Gasteiger partial charge in [0.15, 0.2) is 0 Å². The Bertz CT molecular complexity index is 41.7. The van der Waals surface area contributed by atoms with Crippen LogP contribution in [0.3, 0.4) is 0 Å². The summed E-state index contributed by atoms with van der Waals surface area (Å²) in [5.74, 6) is 0. The van der Waals surface area contributed by atoms with Crippen molar-refractivity contribution in [1.82, 2.24) is 0 Å². The largest absolute Gasteiger partial charge is 0.378 e. The third kappa shape index (κ3) is 18.0. The van der Waals surface area contributed by atoms with Crippen molar-refractivity contribution in [2.75, 3.05) is 13.2 Å². The van der Waals surface area contributed by atoms with Crippen molar-refractivity contribution in [1.29, 1.82) is 0 Å². The van der Waals surface area contributed by atoms with Crippen molar-refractivity contribution < 1.29 is 4.74 Å². The third-order valence-corrected chi connectivity index (χ3v) is 0.440. The van der Waals surface area contributed by atoms with Crippen LogP contribution in [0.1, 0.15) is 6.92 Å². The Labute approximate surface area is 51.7 Å². The predicted octanol–water partition coefficient (Wildman–Crippen LogP) is 2.01. The third-order valence-electron chi connectivity index (χ3n) is 0.440. The molecule has 0 aliphatic heterocycles. The zero-order valence-electron chi connectivity index (χ0n) is 5.52. The molecule has 0 aromatic heterocycles. The Morgan fingerprint density at radius 3 is 2.12 bits per heavy atom. The van der Waals surface area contributed by atoms with Crippen molar-refractivity contribution in [3.8, 4) is 0 Å². The molecule has 0 unspecified atom stereocenters. The fraction of sp³-hybridized carbons (Fsp3) is 0.429. The summed E-state index contributed by atoms with van der Waals surface area (Å²) in [4.78, 5) is 0. The summed E-state index contributed by atoms with van der Waals surface area (Å²) >= 11 is 0. The van der Waals surface area contributed by atoms with Crippen LogP contribution in [0.25, 0.3) is 0 Å². The highest BCUT2D eigenvalue weighted by molar-refractivity contribution is 4.62. The average molecular weight is 114 g/mol. The topological polar surface area (TPSA) is 9.23 Å². The highest BCUT2D eigenvalue weighted by Gasteiger charge is 1.67. The van der Waals surface area contributed by atoms with E-state index in [0.717, 1.165) is 6.61 Å². The average Bonchev–Trinajstić information content (AvgIpc) is 1.88. The van der Waals surface area contributed by atoms with Crippen molar-refractivity contribution in [3.63, 3.8) is 0 Å². The van der Waals surface area contributed by atoms with Crippen LogP contribution in [-0.4, -0.2) is 13.2 Å². The summed E-state index contributed by atoms with van der Waals surface area (Å²) in [6, 6.07) is 0. The normalized spacial score (nSPS) is 6.62. The van der Waals surface area contributed by atoms with Crippen LogP contribution < -0.4 is 0 Å². The second-order valence-electron chi connectivity index (χ2n) is 0.948. The minimum atomic E-state index is 0.677. The molecule has 0 saturated heterocycles. The lowest BCUT2D eigenvalue weighted by Gasteiger charge is -1.88. The fourth-order valence-corrected chi connectivity index (χ4v) is 0.201. The predicted molar refractivity (Wildman–Crippen MR) is 37.9 cm³/mol. The molecule has 48 valence electrons. The molecule has 0 saturated carbocycles. The summed E-state index contributed by atoms with van der Waals surface area (Å²) in [5, 5.41) is 0. The monoisotopic (exact) mass is 114 g/mol. The van der Waals surface area contributed by atoms with Gasteiger partial charge in [0.05, 0.1) is 6.61 Å². The molecule has 0 spiro atoms. The van der Waals surface area contributed by atoms with Gasteiger partial charge in [0, 0.05) is 6.61 Å². The van der Waals surface area contributed by atoms with E-state index >= 15 is 0 Å². The molecule has 1 heteroatoms. The van der Waals surface area contributed by atoms with Crippen LogP contribution in [0.15, 0.2) is 25.8 Å². The molecule has 0 atom stereocenters. The van der Waals surface area contributed by atoms with Gasteiger partial charge in [0.1, 0.15) is 0 Å². The number of ether oxygens (including phenoxy) is 1. The molecular formula is C7H14O. The Balaban J connectivity index is 0. The molecule has 8 heavy (non-hydrogen) atoms. The van der Waals surface area contributed by atoms with Gasteiger partial charge in [-0.1, -0.05) is 6.08 Å². The fourth-order valence-electron chi connectivity index (χ4n) is 0.201. The molecule has 0 amide bonds. The van der Waals surface area contributed by atoms with Crippen LogP contribution >= 0.6 is 0 Å². The maximum atomic E-state index is 4.86. The maximum absolute atomic E-state index is 4.86. The second-order valence-corrected chi connectivity index (χ2v) is 0.948. The highest BCUT2D eigenvalue weighted by Crippen LogP contribution is 1.69. The molecular weight excluding hydrogens is 100 g/mol. The minimum absolute atomic E-state index is 0.677. The lowest BCUT2D eigenvalue weighted by molar-refractivity contribution is 0.178. The molecule has 1 nitrogen and oxygen atoms in total. The molecule has 0 aromatic carbocycles. The Morgan fingerprint density at radius 2 is 2.00 bits per heavy atom. The second kappa shape index (κ2) is 16.1. The van der Waals surface area contributed by atoms with Crippen molar-refractivity contribution in [2.24, 2.45) is 0 Å². The standard InChI is InChI=1S/C5H10O.C2H4/c1-3-5-6-4-2;1-2/h3H,1,4-5H2,2H3;1-2H2. The first-order chi connectivity index (χ1) is 3.91. The maximum Gasteiger partial charge on any atom is 0.0644 e. The van der Waals surface area contributed by atoms with E-state index in [1.165, 1.54) is 0 Å². The summed E-state index contributed by atoms with van der Waals surface area (Å²) in [5.41, 5.74) is 0. The summed E-state index contributed by atoms with van der Waals surface area (Å²) in [7, 11) is 0. The van der Waals surface area contributed by atoms with Crippen LogP contribution in [0, 0.1) is 0 Å². The van der Waals surface area contributed by atoms with E-state index in [2.05, 4.69) is 19.7 Å². The molecule has 0 rings (SSSR count). The van der Waals surface area contributed by atoms with Gasteiger partial charge < -0.3 is 4.74 Å². The van der Waals surface area contributed by atoms with Gasteiger partial charge in [-0.05, 0) is 6.92 Å². The summed E-state index contributed by atoms with van der Waals surface area (Å²) in [6.07, 6.45) is 1.74. The molecule has 0 bridgehead atoms. The SMILES string of the molecule is C=C.C=CCOCC. The van der Waals surface area contributed by atoms with Crippen molar-refractivity contribution in [3.05, 3.63) is 25.8 Å². The van der Waals surface area contributed by atoms with Gasteiger partial charge in [-0.3, -0.25) is 0 Å². The molecule has 0 heterocycles. The lowest BCUT2D eigenvalue weighted by atomic mass is 10.7. The zero-order valence-corrected chi connectivity index (χ0v) is 5.52. The van der Waals surface area contributed by atoms with Crippen LogP contribution in [0.5, 0.6) is 0 Å². The zero-order chi connectivity index (χ0) is 6.83. The van der Waals surface area contributed by atoms with Crippen LogP contribution in [-0.2, 0) is 4.74 Å². The van der Waals surface area contributed by atoms with Gasteiger partial charge in [-0.2, -0.15) is 0 Å². The summed E-state index contributed by atoms with van der Waals surface area (Å²) in [6.45, 7) is 12.9. The van der Waals surface area contributed by atoms with Crippen molar-refractivity contribution in [2.45, 2.75) is 6.92 Å². The minimum Gasteiger partial charge on any atom is -0.378 e. The van der Waals surface area contributed by atoms with Crippen molar-refractivity contribution >= 4 is 0 Å². The number of hydrogen-bond acceptors (Lipinski definition) is 1. The molecule has 0 aliphatic rings. The van der Waals surface area contributed by atoms with Gasteiger partial charge in [-0.15, -0.1) is 19.7 Å². The molecule has 0 radical (unpaired) electrons. The number of rotatable bonds is 3. The lowest BCUT2D eigenvalue weighted by Crippen LogP contribution is -1.86. The van der Waals surface area contributed by atoms with E-state index in [1.54, 1.807) is 6.08 Å². The van der Waals surface area contributed by atoms with Gasteiger partial charge in [-0.25, -0.2) is 0 Å².